The summed E-state index contributed by atoms with van der Waals surface area (Å²) < 4.78 is 4.92. The van der Waals surface area contributed by atoms with E-state index >= 15 is 0 Å². The van der Waals surface area contributed by atoms with Gasteiger partial charge in [0.2, 0.25) is 0 Å². The molecule has 3 amide bonds. The van der Waals surface area contributed by atoms with Gasteiger partial charge in [-0.25, -0.2) is 9.59 Å². The van der Waals surface area contributed by atoms with Crippen LogP contribution in [0.3, 0.4) is 0 Å². The van der Waals surface area contributed by atoms with Crippen molar-refractivity contribution in [1.82, 2.24) is 10.6 Å². The van der Waals surface area contributed by atoms with E-state index in [4.69, 9.17) is 16.3 Å². The molecular formula is C16H19ClN2O4S. The second kappa shape index (κ2) is 8.94. The Morgan fingerprint density at radius 2 is 2.00 bits per heavy atom. The number of ether oxygens (including phenoxy) is 1. The van der Waals surface area contributed by atoms with Gasteiger partial charge in [-0.15, -0.1) is 11.8 Å². The predicted molar refractivity (Wildman–Crippen MR) is 92.4 cm³/mol. The maximum Gasteiger partial charge on any atom is 0.340 e. The molecule has 0 spiro atoms. The molecule has 0 heterocycles. The maximum absolute atomic E-state index is 12.0. The van der Waals surface area contributed by atoms with Crippen molar-refractivity contribution in [3.63, 3.8) is 0 Å². The summed E-state index contributed by atoms with van der Waals surface area (Å²) in [4.78, 5) is 36.2. The molecule has 0 unspecified atom stereocenters. The van der Waals surface area contributed by atoms with Gasteiger partial charge in [-0.3, -0.25) is 10.1 Å². The largest absolute Gasteiger partial charge is 0.452 e. The smallest absolute Gasteiger partial charge is 0.340 e. The van der Waals surface area contributed by atoms with Crippen LogP contribution in [0.15, 0.2) is 23.1 Å². The zero-order valence-electron chi connectivity index (χ0n) is 13.3. The Morgan fingerprint density at radius 3 is 2.67 bits per heavy atom. The molecule has 1 aromatic rings. The number of hydrogen-bond donors (Lipinski definition) is 2. The minimum atomic E-state index is -0.706. The van der Waals surface area contributed by atoms with Gasteiger partial charge in [-0.2, -0.15) is 0 Å². The Labute approximate surface area is 149 Å². The number of carbonyl (C=O) groups is 3. The summed E-state index contributed by atoms with van der Waals surface area (Å²) in [7, 11) is 0. The summed E-state index contributed by atoms with van der Waals surface area (Å²) in [6.07, 6.45) is 5.86. The number of nitrogens with one attached hydrogen (secondary N) is 2. The number of amides is 3. The van der Waals surface area contributed by atoms with Crippen molar-refractivity contribution in [1.29, 1.82) is 0 Å². The first-order valence-corrected chi connectivity index (χ1v) is 9.21. The second-order valence-corrected chi connectivity index (χ2v) is 6.71. The summed E-state index contributed by atoms with van der Waals surface area (Å²) in [5.41, 5.74) is 0.187. The van der Waals surface area contributed by atoms with E-state index in [9.17, 15) is 14.4 Å². The lowest BCUT2D eigenvalue weighted by Crippen LogP contribution is -2.45. The number of rotatable bonds is 5. The molecule has 2 N–H and O–H groups in total. The van der Waals surface area contributed by atoms with Crippen LogP contribution in [0.25, 0.3) is 0 Å². The lowest BCUT2D eigenvalue weighted by atomic mass is 10.2. The number of benzene rings is 1. The highest BCUT2D eigenvalue weighted by atomic mass is 35.5. The molecule has 1 aliphatic carbocycles. The molecule has 1 saturated carbocycles. The molecule has 8 heteroatoms. The molecule has 0 bridgehead atoms. The van der Waals surface area contributed by atoms with Crippen molar-refractivity contribution >= 4 is 41.3 Å². The Morgan fingerprint density at radius 1 is 1.29 bits per heavy atom. The van der Waals surface area contributed by atoms with Crippen LogP contribution in [0, 0.1) is 0 Å². The lowest BCUT2D eigenvalue weighted by molar-refractivity contribution is -0.123. The highest BCUT2D eigenvalue weighted by Crippen LogP contribution is 2.23. The molecule has 1 fully saturated rings. The predicted octanol–water partition coefficient (Wildman–Crippen LogP) is 2.99. The molecule has 2 rings (SSSR count). The molecule has 1 aromatic carbocycles. The van der Waals surface area contributed by atoms with Crippen molar-refractivity contribution in [3.05, 3.63) is 28.8 Å². The third kappa shape index (κ3) is 5.42. The number of urea groups is 1. The number of thioether (sulfide) groups is 1. The quantitative estimate of drug-likeness (QED) is 0.614. The molecule has 6 nitrogen and oxygen atoms in total. The Bertz CT molecular complexity index is 633. The van der Waals surface area contributed by atoms with Crippen LogP contribution < -0.4 is 10.6 Å². The standard InChI is InChI=1S/C16H19ClN2O4S/c1-24-11-6-7-13(17)12(8-11)15(21)23-9-14(20)19-16(22)18-10-4-2-3-5-10/h6-8,10H,2-5,9H2,1H3,(H2,18,19,20,22). The first kappa shape index (κ1) is 18.6. The number of hydrogen-bond acceptors (Lipinski definition) is 5. The van der Waals surface area contributed by atoms with Gasteiger partial charge < -0.3 is 10.1 Å². The SMILES string of the molecule is CSc1ccc(Cl)c(C(=O)OCC(=O)NC(=O)NC2CCCC2)c1. The fourth-order valence-electron chi connectivity index (χ4n) is 2.45. The Balaban J connectivity index is 1.80. The van der Waals surface area contributed by atoms with Crippen molar-refractivity contribution in [2.24, 2.45) is 0 Å². The average molecular weight is 371 g/mol. The van der Waals surface area contributed by atoms with Gasteiger partial charge in [0.15, 0.2) is 6.61 Å². The van der Waals surface area contributed by atoms with Gasteiger partial charge in [-0.05, 0) is 37.3 Å². The van der Waals surface area contributed by atoms with Gasteiger partial charge in [0.05, 0.1) is 10.6 Å². The number of carbonyl (C=O) groups excluding carboxylic acids is 3. The third-order valence-electron chi connectivity index (χ3n) is 3.67. The average Bonchev–Trinajstić information content (AvgIpc) is 3.05. The molecule has 1 aliphatic rings. The van der Waals surface area contributed by atoms with Crippen LogP contribution in [-0.2, 0) is 9.53 Å². The van der Waals surface area contributed by atoms with E-state index in [1.807, 2.05) is 6.26 Å². The number of halogens is 1. The lowest BCUT2D eigenvalue weighted by Gasteiger charge is -2.12. The van der Waals surface area contributed by atoms with Crippen LogP contribution >= 0.6 is 23.4 Å². The number of esters is 1. The molecule has 0 saturated heterocycles. The third-order valence-corrected chi connectivity index (χ3v) is 4.73. The van der Waals surface area contributed by atoms with Crippen LogP contribution in [0.5, 0.6) is 0 Å². The molecule has 0 aromatic heterocycles. The van der Waals surface area contributed by atoms with Crippen molar-refractivity contribution in [3.8, 4) is 0 Å². The second-order valence-electron chi connectivity index (χ2n) is 5.42. The topological polar surface area (TPSA) is 84.5 Å². The van der Waals surface area contributed by atoms with Crippen LogP contribution in [0.4, 0.5) is 4.79 Å². The summed E-state index contributed by atoms with van der Waals surface area (Å²) in [6, 6.07) is 4.52. The number of imide groups is 1. The van der Waals surface area contributed by atoms with E-state index < -0.39 is 24.5 Å². The first-order valence-electron chi connectivity index (χ1n) is 7.60. The zero-order valence-corrected chi connectivity index (χ0v) is 14.8. The van der Waals surface area contributed by atoms with Crippen molar-refractivity contribution in [2.45, 2.75) is 36.6 Å². The van der Waals surface area contributed by atoms with E-state index in [1.54, 1.807) is 18.2 Å². The Kier molecular flexibility index (Phi) is 6.93. The fraction of sp³-hybridized carbons (Fsp3) is 0.438. The van der Waals surface area contributed by atoms with E-state index in [0.717, 1.165) is 30.6 Å². The minimum Gasteiger partial charge on any atom is -0.452 e. The van der Waals surface area contributed by atoms with Gasteiger partial charge in [0, 0.05) is 10.9 Å². The molecule has 0 radical (unpaired) electrons. The highest BCUT2D eigenvalue weighted by Gasteiger charge is 2.19. The summed E-state index contributed by atoms with van der Waals surface area (Å²) in [5, 5.41) is 5.11. The van der Waals surface area contributed by atoms with Gasteiger partial charge in [0.25, 0.3) is 5.91 Å². The van der Waals surface area contributed by atoms with Crippen LogP contribution in [0.2, 0.25) is 5.02 Å². The van der Waals surface area contributed by atoms with E-state index in [1.165, 1.54) is 11.8 Å². The Hall–Kier alpha value is -1.73. The van der Waals surface area contributed by atoms with Gasteiger partial charge in [0.1, 0.15) is 0 Å². The first-order chi connectivity index (χ1) is 11.5. The molecule has 0 atom stereocenters. The van der Waals surface area contributed by atoms with Crippen LogP contribution in [-0.4, -0.2) is 36.8 Å². The monoisotopic (exact) mass is 370 g/mol. The van der Waals surface area contributed by atoms with E-state index in [0.29, 0.717) is 0 Å². The van der Waals surface area contributed by atoms with Crippen LogP contribution in [0.1, 0.15) is 36.0 Å². The molecular weight excluding hydrogens is 352 g/mol. The molecule has 24 heavy (non-hydrogen) atoms. The maximum atomic E-state index is 12.0. The summed E-state index contributed by atoms with van der Waals surface area (Å²) in [6.45, 7) is -0.545. The highest BCUT2D eigenvalue weighted by molar-refractivity contribution is 7.98. The van der Waals surface area contributed by atoms with E-state index in [2.05, 4.69) is 10.6 Å². The van der Waals surface area contributed by atoms with Crippen molar-refractivity contribution < 1.29 is 19.1 Å². The van der Waals surface area contributed by atoms with Gasteiger partial charge in [-0.1, -0.05) is 24.4 Å². The normalized spacial score (nSPS) is 14.2. The molecule has 130 valence electrons. The molecule has 0 aliphatic heterocycles. The van der Waals surface area contributed by atoms with Crippen molar-refractivity contribution in [2.75, 3.05) is 12.9 Å². The van der Waals surface area contributed by atoms with E-state index in [-0.39, 0.29) is 16.6 Å². The van der Waals surface area contributed by atoms with Gasteiger partial charge >= 0.3 is 12.0 Å². The zero-order chi connectivity index (χ0) is 17.5. The fourth-order valence-corrected chi connectivity index (χ4v) is 3.09. The minimum absolute atomic E-state index is 0.105. The summed E-state index contributed by atoms with van der Waals surface area (Å²) >= 11 is 7.43. The summed E-state index contributed by atoms with van der Waals surface area (Å²) in [5.74, 6) is -1.39.